The van der Waals surface area contributed by atoms with E-state index in [0.29, 0.717) is 5.56 Å². The maximum atomic E-state index is 13.6. The van der Waals surface area contributed by atoms with Gasteiger partial charge in [0.05, 0.1) is 13.6 Å². The van der Waals surface area contributed by atoms with Crippen molar-refractivity contribution in [1.29, 1.82) is 0 Å². The molecule has 1 unspecified atom stereocenters. The summed E-state index contributed by atoms with van der Waals surface area (Å²) in [6.07, 6.45) is 0.917. The van der Waals surface area contributed by atoms with Crippen LogP contribution in [-0.2, 0) is 0 Å². The van der Waals surface area contributed by atoms with Gasteiger partial charge in [-0.1, -0.05) is 18.5 Å². The monoisotopic (exact) mass is 457 g/mol. The van der Waals surface area contributed by atoms with Crippen molar-refractivity contribution in [2.24, 2.45) is 0 Å². The molecule has 0 aliphatic carbocycles. The summed E-state index contributed by atoms with van der Waals surface area (Å²) < 4.78 is 28.7. The molecular formula is C14H12Br2ClF2NS. The summed E-state index contributed by atoms with van der Waals surface area (Å²) in [6.45, 7) is 2.77. The Balaban J connectivity index is 2.50. The zero-order chi connectivity index (χ0) is 15.6. The molecule has 0 aliphatic rings. The second-order valence-electron chi connectivity index (χ2n) is 4.45. The molecule has 0 saturated carbocycles. The highest BCUT2D eigenvalue weighted by atomic mass is 79.9. The highest BCUT2D eigenvalue weighted by Gasteiger charge is 2.22. The predicted octanol–water partition coefficient (Wildman–Crippen LogP) is 6.29. The van der Waals surface area contributed by atoms with Crippen LogP contribution in [0.2, 0.25) is 5.02 Å². The molecule has 0 radical (unpaired) electrons. The van der Waals surface area contributed by atoms with E-state index >= 15 is 0 Å². The number of thiophene rings is 1. The van der Waals surface area contributed by atoms with E-state index in [1.165, 1.54) is 11.3 Å². The van der Waals surface area contributed by atoms with Crippen LogP contribution in [0.5, 0.6) is 0 Å². The van der Waals surface area contributed by atoms with E-state index in [9.17, 15) is 8.78 Å². The smallest absolute Gasteiger partial charge is 0.160 e. The van der Waals surface area contributed by atoms with Crippen molar-refractivity contribution in [3.8, 4) is 0 Å². The summed E-state index contributed by atoms with van der Waals surface area (Å²) in [7, 11) is 0. The first-order chi connectivity index (χ1) is 9.93. The molecule has 1 aromatic heterocycles. The van der Waals surface area contributed by atoms with Crippen molar-refractivity contribution in [3.05, 3.63) is 53.6 Å². The fraction of sp³-hybridized carbons (Fsp3) is 0.286. The van der Waals surface area contributed by atoms with Crippen molar-refractivity contribution in [2.75, 3.05) is 6.54 Å². The Morgan fingerprint density at radius 2 is 1.86 bits per heavy atom. The van der Waals surface area contributed by atoms with Crippen molar-refractivity contribution >= 4 is 54.8 Å². The van der Waals surface area contributed by atoms with E-state index in [-0.39, 0.29) is 11.1 Å². The molecule has 1 atom stereocenters. The van der Waals surface area contributed by atoms with Gasteiger partial charge in [-0.15, -0.1) is 11.3 Å². The maximum Gasteiger partial charge on any atom is 0.160 e. The number of benzene rings is 1. The van der Waals surface area contributed by atoms with Crippen LogP contribution >= 0.6 is 54.8 Å². The lowest BCUT2D eigenvalue weighted by atomic mass is 10.0. The average molecular weight is 460 g/mol. The van der Waals surface area contributed by atoms with Gasteiger partial charge in [0, 0.05) is 5.02 Å². The lowest BCUT2D eigenvalue weighted by molar-refractivity contribution is 0.503. The fourth-order valence-electron chi connectivity index (χ4n) is 1.99. The van der Waals surface area contributed by atoms with Crippen LogP contribution in [0.4, 0.5) is 8.78 Å². The second kappa shape index (κ2) is 7.51. The van der Waals surface area contributed by atoms with Crippen LogP contribution < -0.4 is 5.32 Å². The Kier molecular flexibility index (Phi) is 6.20. The molecule has 2 rings (SSSR count). The highest BCUT2D eigenvalue weighted by Crippen LogP contribution is 2.39. The third-order valence-electron chi connectivity index (χ3n) is 2.94. The summed E-state index contributed by atoms with van der Waals surface area (Å²) >= 11 is 14.6. The van der Waals surface area contributed by atoms with Gasteiger partial charge in [0.15, 0.2) is 11.6 Å². The standard InChI is InChI=1S/C14H12Br2ClF2NS/c1-2-3-20-13(8-5-12(15)21-14(8)16)7-4-10(18)11(19)6-9(7)17/h4-6,13,20H,2-3H2,1H3. The van der Waals surface area contributed by atoms with E-state index in [1.807, 2.05) is 13.0 Å². The minimum absolute atomic E-state index is 0.205. The molecule has 1 heterocycles. The van der Waals surface area contributed by atoms with Crippen LogP contribution in [0.3, 0.4) is 0 Å². The van der Waals surface area contributed by atoms with Crippen LogP contribution in [0, 0.1) is 11.6 Å². The van der Waals surface area contributed by atoms with Gasteiger partial charge in [0.2, 0.25) is 0 Å². The van der Waals surface area contributed by atoms with Gasteiger partial charge in [-0.05, 0) is 74.2 Å². The largest absolute Gasteiger partial charge is 0.306 e. The van der Waals surface area contributed by atoms with Gasteiger partial charge in [-0.25, -0.2) is 8.78 Å². The van der Waals surface area contributed by atoms with Crippen LogP contribution in [0.15, 0.2) is 25.8 Å². The minimum atomic E-state index is -0.941. The number of halogens is 5. The van der Waals surface area contributed by atoms with Crippen molar-refractivity contribution in [1.82, 2.24) is 5.32 Å². The van der Waals surface area contributed by atoms with E-state index in [0.717, 1.165) is 38.2 Å². The van der Waals surface area contributed by atoms with Gasteiger partial charge in [0.25, 0.3) is 0 Å². The molecule has 1 nitrogen and oxygen atoms in total. The minimum Gasteiger partial charge on any atom is -0.306 e. The molecular weight excluding hydrogens is 447 g/mol. The molecule has 0 saturated heterocycles. The molecule has 21 heavy (non-hydrogen) atoms. The summed E-state index contributed by atoms with van der Waals surface area (Å²) in [5, 5.41) is 3.53. The molecule has 114 valence electrons. The molecule has 1 aromatic carbocycles. The Morgan fingerprint density at radius 1 is 1.19 bits per heavy atom. The molecule has 0 amide bonds. The lowest BCUT2D eigenvalue weighted by Crippen LogP contribution is -2.23. The molecule has 0 aliphatic heterocycles. The van der Waals surface area contributed by atoms with Gasteiger partial charge in [-0.2, -0.15) is 0 Å². The van der Waals surface area contributed by atoms with E-state index in [4.69, 9.17) is 11.6 Å². The third kappa shape index (κ3) is 4.05. The summed E-state index contributed by atoms with van der Waals surface area (Å²) in [5.41, 5.74) is 1.46. The van der Waals surface area contributed by atoms with Crippen LogP contribution in [0.25, 0.3) is 0 Å². The van der Waals surface area contributed by atoms with Crippen LogP contribution in [-0.4, -0.2) is 6.54 Å². The molecule has 0 spiro atoms. The Hall–Kier alpha value is -0.0100. The van der Waals surface area contributed by atoms with Gasteiger partial charge >= 0.3 is 0 Å². The first-order valence-electron chi connectivity index (χ1n) is 6.26. The summed E-state index contributed by atoms with van der Waals surface area (Å²) in [6, 6.07) is 3.81. The van der Waals surface area contributed by atoms with E-state index in [2.05, 4.69) is 37.2 Å². The molecule has 0 bridgehead atoms. The first kappa shape index (κ1) is 17.3. The highest BCUT2D eigenvalue weighted by molar-refractivity contribution is 9.12. The van der Waals surface area contributed by atoms with Crippen molar-refractivity contribution in [2.45, 2.75) is 19.4 Å². The van der Waals surface area contributed by atoms with E-state index < -0.39 is 11.6 Å². The van der Waals surface area contributed by atoms with Crippen molar-refractivity contribution < 1.29 is 8.78 Å². The fourth-order valence-corrected chi connectivity index (χ4v) is 5.15. The summed E-state index contributed by atoms with van der Waals surface area (Å²) in [4.78, 5) is 0. The Labute approximate surface area is 148 Å². The molecule has 1 N–H and O–H groups in total. The zero-order valence-electron chi connectivity index (χ0n) is 11.0. The first-order valence-corrected chi connectivity index (χ1v) is 9.04. The second-order valence-corrected chi connectivity index (χ2v) is 8.61. The Bertz CT molecular complexity index is 648. The zero-order valence-corrected chi connectivity index (χ0v) is 15.8. The van der Waals surface area contributed by atoms with Gasteiger partial charge in [0.1, 0.15) is 0 Å². The third-order valence-corrected chi connectivity index (χ3v) is 5.66. The lowest BCUT2D eigenvalue weighted by Gasteiger charge is -2.20. The topological polar surface area (TPSA) is 12.0 Å². The SMILES string of the molecule is CCCNC(c1cc(F)c(F)cc1Cl)c1cc(Br)sc1Br. The maximum absolute atomic E-state index is 13.6. The molecule has 7 heteroatoms. The van der Waals surface area contributed by atoms with Gasteiger partial charge < -0.3 is 5.32 Å². The normalized spacial score (nSPS) is 12.7. The number of hydrogen-bond acceptors (Lipinski definition) is 2. The average Bonchev–Trinajstić information content (AvgIpc) is 2.75. The quantitative estimate of drug-likeness (QED) is 0.518. The van der Waals surface area contributed by atoms with Crippen molar-refractivity contribution in [3.63, 3.8) is 0 Å². The molecule has 2 aromatic rings. The van der Waals surface area contributed by atoms with Gasteiger partial charge in [-0.3, -0.25) is 0 Å². The predicted molar refractivity (Wildman–Crippen MR) is 91.2 cm³/mol. The van der Waals surface area contributed by atoms with Crippen LogP contribution in [0.1, 0.15) is 30.5 Å². The number of rotatable bonds is 5. The summed E-state index contributed by atoms with van der Waals surface area (Å²) in [5.74, 6) is -1.84. The number of hydrogen-bond donors (Lipinski definition) is 1. The Morgan fingerprint density at radius 3 is 2.43 bits per heavy atom. The van der Waals surface area contributed by atoms with E-state index in [1.54, 1.807) is 0 Å². The molecule has 0 fully saturated rings. The number of nitrogens with one attached hydrogen (secondary N) is 1.